The average Bonchev–Trinajstić information content (AvgIpc) is 2.78. The summed E-state index contributed by atoms with van der Waals surface area (Å²) >= 11 is 5.27. The van der Waals surface area contributed by atoms with Gasteiger partial charge in [0.05, 0.1) is 27.9 Å². The zero-order chi connectivity index (χ0) is 22.6. The van der Waals surface area contributed by atoms with Gasteiger partial charge in [-0.05, 0) is 55.0 Å². The molecule has 2 aromatic carbocycles. The Kier molecular flexibility index (Phi) is 9.90. The van der Waals surface area contributed by atoms with Crippen molar-refractivity contribution in [1.29, 1.82) is 0 Å². The van der Waals surface area contributed by atoms with Gasteiger partial charge in [0.1, 0.15) is 5.75 Å². The highest BCUT2D eigenvalue weighted by molar-refractivity contribution is 7.80. The number of carbonyl (C=O) groups excluding carboxylic acids is 1. The molecule has 7 nitrogen and oxygen atoms in total. The first-order valence-electron chi connectivity index (χ1n) is 10.2. The van der Waals surface area contributed by atoms with Gasteiger partial charge in [0.15, 0.2) is 16.6 Å². The molecule has 31 heavy (non-hydrogen) atoms. The van der Waals surface area contributed by atoms with Crippen LogP contribution >= 0.6 is 12.2 Å². The summed E-state index contributed by atoms with van der Waals surface area (Å²) in [6.07, 6.45) is 4.66. The largest absolute Gasteiger partial charge is 0.494 e. The molecule has 0 atom stereocenters. The third-order valence-corrected chi connectivity index (χ3v) is 4.74. The van der Waals surface area contributed by atoms with Crippen LogP contribution in [0, 0.1) is 0 Å². The van der Waals surface area contributed by atoms with Gasteiger partial charge in [-0.1, -0.05) is 26.2 Å². The van der Waals surface area contributed by atoms with Crippen LogP contribution in [-0.2, 0) is 0 Å². The second-order valence-electron chi connectivity index (χ2n) is 6.76. The number of hydrogen-bond acceptors (Lipinski definition) is 6. The molecule has 0 fully saturated rings. The highest BCUT2D eigenvalue weighted by Gasteiger charge is 2.17. The monoisotopic (exact) mass is 446 g/mol. The number of anilines is 1. The van der Waals surface area contributed by atoms with Crippen LogP contribution in [-0.4, -0.2) is 39.0 Å². The summed E-state index contributed by atoms with van der Waals surface area (Å²) < 4.78 is 21.6. The average molecular weight is 447 g/mol. The summed E-state index contributed by atoms with van der Waals surface area (Å²) in [5.41, 5.74) is 1.07. The maximum Gasteiger partial charge on any atom is 0.257 e. The van der Waals surface area contributed by atoms with Crippen molar-refractivity contribution in [3.63, 3.8) is 0 Å². The molecule has 0 spiro atoms. The van der Waals surface area contributed by atoms with Gasteiger partial charge in [-0.3, -0.25) is 10.1 Å². The number of rotatable bonds is 11. The third-order valence-electron chi connectivity index (χ3n) is 4.53. The molecule has 0 unspecified atom stereocenters. The second kappa shape index (κ2) is 12.6. The minimum absolute atomic E-state index is 0.173. The van der Waals surface area contributed by atoms with Gasteiger partial charge in [-0.2, -0.15) is 0 Å². The van der Waals surface area contributed by atoms with Gasteiger partial charge < -0.3 is 24.3 Å². The van der Waals surface area contributed by atoms with Crippen LogP contribution in [0.5, 0.6) is 23.0 Å². The Morgan fingerprint density at radius 2 is 1.58 bits per heavy atom. The number of ether oxygens (including phenoxy) is 4. The van der Waals surface area contributed by atoms with E-state index in [1.165, 1.54) is 40.6 Å². The number of thiocarbonyl (C=S) groups is 1. The standard InChI is InChI=1S/C23H30N2O5S/c1-5-6-7-8-13-30-18-11-9-17(10-12-18)24-23(31)25-22(26)16-14-19(27-2)21(29-4)20(15-16)28-3/h9-12,14-15H,5-8,13H2,1-4H3,(H2,24,25,26,31). The van der Waals surface area contributed by atoms with Gasteiger partial charge in [0.2, 0.25) is 5.75 Å². The lowest BCUT2D eigenvalue weighted by atomic mass is 10.1. The van der Waals surface area contributed by atoms with Crippen molar-refractivity contribution in [2.45, 2.75) is 32.6 Å². The molecule has 0 bridgehead atoms. The van der Waals surface area contributed by atoms with E-state index in [0.717, 1.165) is 17.9 Å². The third kappa shape index (κ3) is 7.32. The van der Waals surface area contributed by atoms with Gasteiger partial charge in [0, 0.05) is 11.3 Å². The van der Waals surface area contributed by atoms with Crippen LogP contribution in [0.25, 0.3) is 0 Å². The van der Waals surface area contributed by atoms with Crippen LogP contribution in [0.1, 0.15) is 43.0 Å². The number of nitrogens with one attached hydrogen (secondary N) is 2. The molecule has 0 aliphatic heterocycles. The predicted octanol–water partition coefficient (Wildman–Crippen LogP) is 4.80. The minimum atomic E-state index is -0.399. The fourth-order valence-electron chi connectivity index (χ4n) is 2.90. The first-order chi connectivity index (χ1) is 15.0. The Morgan fingerprint density at radius 3 is 2.13 bits per heavy atom. The van der Waals surface area contributed by atoms with E-state index in [9.17, 15) is 4.79 Å². The van der Waals surface area contributed by atoms with E-state index in [1.807, 2.05) is 24.3 Å². The first kappa shape index (κ1) is 24.3. The smallest absolute Gasteiger partial charge is 0.257 e. The molecule has 2 N–H and O–H groups in total. The van der Waals surface area contributed by atoms with E-state index in [4.69, 9.17) is 31.2 Å². The lowest BCUT2D eigenvalue weighted by Crippen LogP contribution is -2.34. The van der Waals surface area contributed by atoms with E-state index >= 15 is 0 Å². The molecule has 1 amide bonds. The summed E-state index contributed by atoms with van der Waals surface area (Å²) in [7, 11) is 4.48. The fourth-order valence-corrected chi connectivity index (χ4v) is 3.11. The lowest BCUT2D eigenvalue weighted by Gasteiger charge is -2.15. The van der Waals surface area contributed by atoms with Gasteiger partial charge >= 0.3 is 0 Å². The highest BCUT2D eigenvalue weighted by atomic mass is 32.1. The van der Waals surface area contributed by atoms with Crippen LogP contribution in [0.3, 0.4) is 0 Å². The number of methoxy groups -OCH3 is 3. The molecule has 2 aromatic rings. The molecule has 0 aliphatic carbocycles. The summed E-state index contributed by atoms with van der Waals surface area (Å²) in [5.74, 6) is 1.58. The molecule has 0 radical (unpaired) electrons. The zero-order valence-corrected chi connectivity index (χ0v) is 19.3. The van der Waals surface area contributed by atoms with Crippen LogP contribution in [0.2, 0.25) is 0 Å². The number of carbonyl (C=O) groups is 1. The van der Waals surface area contributed by atoms with E-state index in [0.29, 0.717) is 29.4 Å². The molecule has 0 aliphatic rings. The molecule has 0 saturated carbocycles. The topological polar surface area (TPSA) is 78.1 Å². The van der Waals surface area contributed by atoms with Crippen molar-refractivity contribution < 1.29 is 23.7 Å². The van der Waals surface area contributed by atoms with Crippen molar-refractivity contribution in [2.75, 3.05) is 33.3 Å². The molecular formula is C23H30N2O5S. The van der Waals surface area contributed by atoms with Gasteiger partial charge in [-0.25, -0.2) is 0 Å². The summed E-state index contributed by atoms with van der Waals surface area (Å²) in [6.45, 7) is 2.89. The normalized spacial score (nSPS) is 10.2. The van der Waals surface area contributed by atoms with Crippen molar-refractivity contribution >= 4 is 28.9 Å². The van der Waals surface area contributed by atoms with Crippen molar-refractivity contribution in [3.8, 4) is 23.0 Å². The first-order valence-corrected chi connectivity index (χ1v) is 10.6. The Morgan fingerprint density at radius 1 is 0.935 bits per heavy atom. The Balaban J connectivity index is 1.93. The highest BCUT2D eigenvalue weighted by Crippen LogP contribution is 2.38. The minimum Gasteiger partial charge on any atom is -0.494 e. The lowest BCUT2D eigenvalue weighted by molar-refractivity contribution is 0.0977. The molecule has 168 valence electrons. The van der Waals surface area contributed by atoms with Gasteiger partial charge in [-0.15, -0.1) is 0 Å². The maximum absolute atomic E-state index is 12.6. The molecular weight excluding hydrogens is 416 g/mol. The Bertz CT molecular complexity index is 846. The van der Waals surface area contributed by atoms with Crippen LogP contribution in [0.4, 0.5) is 5.69 Å². The van der Waals surface area contributed by atoms with E-state index in [2.05, 4.69) is 17.6 Å². The number of amides is 1. The van der Waals surface area contributed by atoms with E-state index in [-0.39, 0.29) is 5.11 Å². The van der Waals surface area contributed by atoms with Crippen molar-refractivity contribution in [2.24, 2.45) is 0 Å². The molecule has 2 rings (SSSR count). The molecule has 0 heterocycles. The summed E-state index contributed by atoms with van der Waals surface area (Å²) in [5, 5.41) is 5.81. The van der Waals surface area contributed by atoms with E-state index < -0.39 is 5.91 Å². The maximum atomic E-state index is 12.6. The number of hydrogen-bond donors (Lipinski definition) is 2. The van der Waals surface area contributed by atoms with Gasteiger partial charge in [0.25, 0.3) is 5.91 Å². The quantitative estimate of drug-likeness (QED) is 0.379. The van der Waals surface area contributed by atoms with Crippen LogP contribution in [0.15, 0.2) is 36.4 Å². The summed E-state index contributed by atoms with van der Waals surface area (Å²) in [4.78, 5) is 12.6. The number of benzene rings is 2. The van der Waals surface area contributed by atoms with E-state index in [1.54, 1.807) is 12.1 Å². The fraction of sp³-hybridized carbons (Fsp3) is 0.391. The zero-order valence-electron chi connectivity index (χ0n) is 18.4. The molecule has 0 aromatic heterocycles. The second-order valence-corrected chi connectivity index (χ2v) is 7.16. The Labute approximate surface area is 189 Å². The Hall–Kier alpha value is -3.00. The summed E-state index contributed by atoms with van der Waals surface area (Å²) in [6, 6.07) is 10.5. The van der Waals surface area contributed by atoms with Crippen molar-refractivity contribution in [1.82, 2.24) is 5.32 Å². The van der Waals surface area contributed by atoms with Crippen molar-refractivity contribution in [3.05, 3.63) is 42.0 Å². The SMILES string of the molecule is CCCCCCOc1ccc(NC(=S)NC(=O)c2cc(OC)c(OC)c(OC)c2)cc1. The number of unbranched alkanes of at least 4 members (excludes halogenated alkanes) is 3. The molecule has 0 saturated heterocycles. The predicted molar refractivity (Wildman–Crippen MR) is 126 cm³/mol. The van der Waals surface area contributed by atoms with Crippen LogP contribution < -0.4 is 29.6 Å². The molecule has 8 heteroatoms.